The molecule has 0 aromatic carbocycles. The first-order chi connectivity index (χ1) is 5.61. The van der Waals surface area contributed by atoms with E-state index in [2.05, 4.69) is 10.6 Å². The van der Waals surface area contributed by atoms with Crippen LogP contribution in [0.15, 0.2) is 0 Å². The maximum Gasteiger partial charge on any atom is 0.317 e. The number of rotatable bonds is 2. The Morgan fingerprint density at radius 2 is 2.17 bits per heavy atom. The Kier molecular flexibility index (Phi) is 2.92. The summed E-state index contributed by atoms with van der Waals surface area (Å²) in [5.74, 6) is 0. The van der Waals surface area contributed by atoms with Crippen molar-refractivity contribution in [2.24, 2.45) is 0 Å². The number of nitrogens with zero attached hydrogens (tertiary/aromatic N) is 1. The molecule has 2 N–H and O–H groups in total. The van der Waals surface area contributed by atoms with Gasteiger partial charge in [0.05, 0.1) is 6.04 Å². The zero-order valence-electron chi connectivity index (χ0n) is 7.92. The van der Waals surface area contributed by atoms with Crippen LogP contribution in [0.25, 0.3) is 0 Å². The molecule has 0 bridgehead atoms. The summed E-state index contributed by atoms with van der Waals surface area (Å²) >= 11 is 0. The highest BCUT2D eigenvalue weighted by atomic mass is 16.2. The van der Waals surface area contributed by atoms with Crippen molar-refractivity contribution in [1.29, 1.82) is 0 Å². The van der Waals surface area contributed by atoms with Crippen LogP contribution in [-0.2, 0) is 0 Å². The molecule has 0 saturated carbocycles. The van der Waals surface area contributed by atoms with Crippen molar-refractivity contribution < 1.29 is 4.79 Å². The van der Waals surface area contributed by atoms with Crippen LogP contribution in [0.3, 0.4) is 0 Å². The van der Waals surface area contributed by atoms with Crippen molar-refractivity contribution >= 4 is 6.03 Å². The van der Waals surface area contributed by atoms with Crippen molar-refractivity contribution in [2.75, 3.05) is 20.1 Å². The largest absolute Gasteiger partial charge is 0.336 e. The van der Waals surface area contributed by atoms with Gasteiger partial charge in [0, 0.05) is 26.2 Å². The molecule has 0 spiro atoms. The average molecular weight is 171 g/mol. The second kappa shape index (κ2) is 3.76. The van der Waals surface area contributed by atoms with E-state index in [9.17, 15) is 4.79 Å². The van der Waals surface area contributed by atoms with E-state index in [1.807, 2.05) is 20.9 Å². The van der Waals surface area contributed by atoms with Crippen LogP contribution >= 0.6 is 0 Å². The molecule has 12 heavy (non-hydrogen) atoms. The van der Waals surface area contributed by atoms with Crippen LogP contribution < -0.4 is 10.6 Å². The molecule has 4 heteroatoms. The van der Waals surface area contributed by atoms with Gasteiger partial charge in [-0.3, -0.25) is 0 Å². The minimum absolute atomic E-state index is 0.0245. The molecule has 1 fully saturated rings. The molecule has 0 unspecified atom stereocenters. The minimum Gasteiger partial charge on any atom is -0.336 e. The number of carbonyl (C=O) groups excluding carboxylic acids is 1. The van der Waals surface area contributed by atoms with Gasteiger partial charge in [0.2, 0.25) is 0 Å². The number of nitrogens with one attached hydrogen (secondary N) is 2. The lowest BCUT2D eigenvalue weighted by atomic mass is 10.1. The van der Waals surface area contributed by atoms with E-state index in [0.717, 1.165) is 13.1 Å². The topological polar surface area (TPSA) is 44.4 Å². The molecule has 0 aromatic rings. The highest BCUT2D eigenvalue weighted by molar-refractivity contribution is 5.74. The first-order valence-electron chi connectivity index (χ1n) is 4.35. The fourth-order valence-corrected chi connectivity index (χ4v) is 1.06. The van der Waals surface area contributed by atoms with E-state index < -0.39 is 0 Å². The molecule has 1 aliphatic rings. The number of hydrogen-bond donors (Lipinski definition) is 2. The fraction of sp³-hybridized carbons (Fsp3) is 0.875. The van der Waals surface area contributed by atoms with Gasteiger partial charge < -0.3 is 15.5 Å². The molecule has 4 nitrogen and oxygen atoms in total. The zero-order valence-corrected chi connectivity index (χ0v) is 7.92. The monoisotopic (exact) mass is 171 g/mol. The third kappa shape index (κ3) is 2.11. The smallest absolute Gasteiger partial charge is 0.317 e. The van der Waals surface area contributed by atoms with Crippen LogP contribution in [0.2, 0.25) is 0 Å². The standard InChI is InChI=1S/C8H17N3O/c1-6(2)10-8(12)11(3)7-4-9-5-7/h6-7,9H,4-5H2,1-3H3,(H,10,12). The lowest BCUT2D eigenvalue weighted by molar-refractivity contribution is 0.166. The summed E-state index contributed by atoms with van der Waals surface area (Å²) in [4.78, 5) is 13.1. The van der Waals surface area contributed by atoms with Crippen molar-refractivity contribution in [2.45, 2.75) is 25.9 Å². The minimum atomic E-state index is 0.0245. The lowest BCUT2D eigenvalue weighted by Crippen LogP contribution is -2.59. The van der Waals surface area contributed by atoms with Gasteiger partial charge in [-0.15, -0.1) is 0 Å². The molecule has 1 saturated heterocycles. The Bertz CT molecular complexity index is 166. The highest BCUT2D eigenvalue weighted by Gasteiger charge is 2.25. The average Bonchev–Trinajstić information content (AvgIpc) is 1.81. The van der Waals surface area contributed by atoms with E-state index >= 15 is 0 Å². The Morgan fingerprint density at radius 1 is 1.58 bits per heavy atom. The Labute approximate surface area is 73.3 Å². The number of carbonyl (C=O) groups is 1. The predicted molar refractivity (Wildman–Crippen MR) is 48.1 cm³/mol. The summed E-state index contributed by atoms with van der Waals surface area (Å²) in [5.41, 5.74) is 0. The van der Waals surface area contributed by atoms with Gasteiger partial charge in [0.1, 0.15) is 0 Å². The summed E-state index contributed by atoms with van der Waals surface area (Å²) in [6.45, 7) is 5.76. The van der Waals surface area contributed by atoms with E-state index in [4.69, 9.17) is 0 Å². The first-order valence-corrected chi connectivity index (χ1v) is 4.35. The third-order valence-electron chi connectivity index (χ3n) is 2.04. The molecule has 1 aliphatic heterocycles. The molecular formula is C8H17N3O. The Hall–Kier alpha value is -0.770. The fourth-order valence-electron chi connectivity index (χ4n) is 1.06. The van der Waals surface area contributed by atoms with Crippen LogP contribution in [0.4, 0.5) is 4.79 Å². The molecule has 2 amide bonds. The maximum atomic E-state index is 11.4. The van der Waals surface area contributed by atoms with Gasteiger partial charge in [-0.05, 0) is 13.8 Å². The van der Waals surface area contributed by atoms with Gasteiger partial charge in [-0.2, -0.15) is 0 Å². The van der Waals surface area contributed by atoms with Gasteiger partial charge in [-0.1, -0.05) is 0 Å². The maximum absolute atomic E-state index is 11.4. The van der Waals surface area contributed by atoms with Crippen LogP contribution in [0.1, 0.15) is 13.8 Å². The molecular weight excluding hydrogens is 154 g/mol. The van der Waals surface area contributed by atoms with Gasteiger partial charge in [0.25, 0.3) is 0 Å². The molecule has 0 radical (unpaired) electrons. The van der Waals surface area contributed by atoms with Crippen molar-refractivity contribution in [3.05, 3.63) is 0 Å². The molecule has 1 heterocycles. The lowest BCUT2D eigenvalue weighted by Gasteiger charge is -2.35. The normalized spacial score (nSPS) is 17.3. The number of urea groups is 1. The zero-order chi connectivity index (χ0) is 9.14. The number of likely N-dealkylation sites (N-methyl/N-ethyl adjacent to an activating group) is 1. The third-order valence-corrected chi connectivity index (χ3v) is 2.04. The summed E-state index contributed by atoms with van der Waals surface area (Å²) in [6, 6.07) is 0.619. The summed E-state index contributed by atoms with van der Waals surface area (Å²) in [5, 5.41) is 5.98. The second-order valence-electron chi connectivity index (χ2n) is 3.53. The molecule has 0 aromatic heterocycles. The molecule has 0 atom stereocenters. The Balaban J connectivity index is 2.30. The number of amides is 2. The SMILES string of the molecule is CC(C)NC(=O)N(C)C1CNC1. The summed E-state index contributed by atoms with van der Waals surface area (Å²) in [7, 11) is 1.84. The van der Waals surface area contributed by atoms with Gasteiger partial charge in [0.15, 0.2) is 0 Å². The van der Waals surface area contributed by atoms with Crippen molar-refractivity contribution in [3.8, 4) is 0 Å². The quantitative estimate of drug-likeness (QED) is 0.614. The molecule has 0 aliphatic carbocycles. The highest BCUT2D eigenvalue weighted by Crippen LogP contribution is 2.01. The van der Waals surface area contributed by atoms with E-state index in [1.54, 1.807) is 4.90 Å². The van der Waals surface area contributed by atoms with E-state index in [1.165, 1.54) is 0 Å². The molecule has 70 valence electrons. The first kappa shape index (κ1) is 9.32. The molecule has 1 rings (SSSR count). The van der Waals surface area contributed by atoms with E-state index in [0.29, 0.717) is 6.04 Å². The Morgan fingerprint density at radius 3 is 2.50 bits per heavy atom. The van der Waals surface area contributed by atoms with E-state index in [-0.39, 0.29) is 12.1 Å². The summed E-state index contributed by atoms with van der Waals surface area (Å²) < 4.78 is 0. The van der Waals surface area contributed by atoms with Gasteiger partial charge in [-0.25, -0.2) is 4.79 Å². The van der Waals surface area contributed by atoms with Gasteiger partial charge >= 0.3 is 6.03 Å². The van der Waals surface area contributed by atoms with Crippen LogP contribution in [0.5, 0.6) is 0 Å². The van der Waals surface area contributed by atoms with Crippen molar-refractivity contribution in [3.63, 3.8) is 0 Å². The van der Waals surface area contributed by atoms with Crippen LogP contribution in [0, 0.1) is 0 Å². The summed E-state index contributed by atoms with van der Waals surface area (Å²) in [6.07, 6.45) is 0. The second-order valence-corrected chi connectivity index (χ2v) is 3.53. The number of hydrogen-bond acceptors (Lipinski definition) is 2. The van der Waals surface area contributed by atoms with Crippen LogP contribution in [-0.4, -0.2) is 43.2 Å². The van der Waals surface area contributed by atoms with Crippen molar-refractivity contribution in [1.82, 2.24) is 15.5 Å². The predicted octanol–water partition coefficient (Wildman–Crippen LogP) is 0.00800.